The summed E-state index contributed by atoms with van der Waals surface area (Å²) in [6.45, 7) is -3.09. The molecule has 23 heteroatoms. The largest absolute Gasteiger partial charge is 0.394 e. The van der Waals surface area contributed by atoms with Crippen LogP contribution in [0.25, 0.3) is 0 Å². The van der Waals surface area contributed by atoms with E-state index in [4.69, 9.17) is 42.6 Å². The number of aliphatic hydroxyl groups is 14. The maximum absolute atomic E-state index is 11.2. The first-order chi connectivity index (χ1) is 23.6. The van der Waals surface area contributed by atoms with Crippen molar-refractivity contribution < 1.29 is 114 Å². The molecule has 5 aliphatic heterocycles. The Kier molecular flexibility index (Phi) is 13.7. The van der Waals surface area contributed by atoms with Crippen LogP contribution in [-0.2, 0) is 42.6 Å². The van der Waals surface area contributed by atoms with Gasteiger partial charge in [-0.3, -0.25) is 0 Å². The average Bonchev–Trinajstić information content (AvgIpc) is 3.09. The maximum atomic E-state index is 11.2. The van der Waals surface area contributed by atoms with Crippen molar-refractivity contribution in [2.45, 2.75) is 135 Å². The predicted molar refractivity (Wildman–Crippen MR) is 148 cm³/mol. The Labute approximate surface area is 282 Å². The SMILES string of the molecule is OC[C@H]1O[C@@H](OC[C@H]2O[C@@H](O[C@@H]3[C@@H](O[C@@H]4OC[C@@H](O)[C@H](O)[C@H]4O)[C@H](O)OC[C@@H]3O)[C@H](O[C@@H]3OC[C@@H](O)[C@H](O)[C@H]3O)[C@@H](O)[C@@H]2O)[C@H](O)[C@@H](O)[C@@H]1O. The van der Waals surface area contributed by atoms with Crippen molar-refractivity contribution >= 4 is 0 Å². The quantitative estimate of drug-likeness (QED) is 0.0989. The predicted octanol–water partition coefficient (Wildman–Crippen LogP) is -10.0. The first kappa shape index (κ1) is 40.3. The lowest BCUT2D eigenvalue weighted by Crippen LogP contribution is -2.66. The van der Waals surface area contributed by atoms with Gasteiger partial charge in [-0.05, 0) is 0 Å². The van der Waals surface area contributed by atoms with Crippen LogP contribution in [0, 0.1) is 0 Å². The lowest BCUT2D eigenvalue weighted by Gasteiger charge is -2.48. The fraction of sp³-hybridized carbons (Fsp3) is 1.00. The van der Waals surface area contributed by atoms with Crippen molar-refractivity contribution in [2.75, 3.05) is 33.0 Å². The van der Waals surface area contributed by atoms with Crippen LogP contribution in [0.1, 0.15) is 0 Å². The molecule has 5 rings (SSSR count). The van der Waals surface area contributed by atoms with Gasteiger partial charge in [0.05, 0.1) is 33.0 Å². The summed E-state index contributed by atoms with van der Waals surface area (Å²) in [6.07, 6.45) is -38.3. The van der Waals surface area contributed by atoms with E-state index in [9.17, 15) is 71.5 Å². The summed E-state index contributed by atoms with van der Waals surface area (Å²) in [5.74, 6) is 0. The Morgan fingerprint density at radius 3 is 1.48 bits per heavy atom. The van der Waals surface area contributed by atoms with E-state index in [0.717, 1.165) is 0 Å². The molecule has 0 amide bonds. The highest BCUT2D eigenvalue weighted by atomic mass is 16.8. The molecule has 0 aromatic carbocycles. The fourth-order valence-electron chi connectivity index (χ4n) is 6.04. The Balaban J connectivity index is 1.37. The Hall–Kier alpha value is -0.920. The van der Waals surface area contributed by atoms with E-state index in [0.29, 0.717) is 0 Å². The smallest absolute Gasteiger partial charge is 0.187 e. The minimum Gasteiger partial charge on any atom is -0.394 e. The van der Waals surface area contributed by atoms with Gasteiger partial charge in [0.25, 0.3) is 0 Å². The molecule has 0 unspecified atom stereocenters. The van der Waals surface area contributed by atoms with Gasteiger partial charge < -0.3 is 114 Å². The molecule has 0 radical (unpaired) electrons. The van der Waals surface area contributed by atoms with Gasteiger partial charge in [-0.25, -0.2) is 0 Å². The molecule has 14 N–H and O–H groups in total. The van der Waals surface area contributed by atoms with Gasteiger partial charge in [-0.2, -0.15) is 0 Å². The van der Waals surface area contributed by atoms with E-state index >= 15 is 0 Å². The highest BCUT2D eigenvalue weighted by Crippen LogP contribution is 2.33. The molecule has 0 aliphatic carbocycles. The van der Waals surface area contributed by atoms with Crippen molar-refractivity contribution in [1.82, 2.24) is 0 Å². The zero-order valence-corrected chi connectivity index (χ0v) is 26.2. The summed E-state index contributed by atoms with van der Waals surface area (Å²) in [5, 5.41) is 144. The highest BCUT2D eigenvalue weighted by molar-refractivity contribution is 4.96. The van der Waals surface area contributed by atoms with Gasteiger partial charge in [0, 0.05) is 0 Å². The minimum absolute atomic E-state index is 0.493. The van der Waals surface area contributed by atoms with Gasteiger partial charge in [0.15, 0.2) is 31.5 Å². The molecule has 0 saturated carbocycles. The van der Waals surface area contributed by atoms with E-state index in [2.05, 4.69) is 0 Å². The maximum Gasteiger partial charge on any atom is 0.187 e. The summed E-state index contributed by atoms with van der Waals surface area (Å²) in [4.78, 5) is 0. The number of aliphatic hydroxyl groups excluding tert-OH is 14. The Morgan fingerprint density at radius 1 is 0.420 bits per heavy atom. The summed E-state index contributed by atoms with van der Waals surface area (Å²) in [7, 11) is 0. The molecule has 22 atom stereocenters. The molecule has 5 heterocycles. The normalized spacial score (nSPS) is 53.6. The van der Waals surface area contributed by atoms with Crippen LogP contribution in [0.15, 0.2) is 0 Å². The number of hydrogen-bond acceptors (Lipinski definition) is 23. The summed E-state index contributed by atoms with van der Waals surface area (Å²) < 4.78 is 49.4. The highest BCUT2D eigenvalue weighted by Gasteiger charge is 2.54. The second-order valence-corrected chi connectivity index (χ2v) is 12.6. The third-order valence-corrected chi connectivity index (χ3v) is 9.12. The number of hydrogen-bond donors (Lipinski definition) is 14. The standard InChI is InChI=1S/C27H46O23/c28-1-9-13(34)15(36)19(40)24(46-9)45-5-10-14(35)16(37)21(49-25-17(38)11(32)6(29)2-43-25)27(47-10)48-20-8(31)4-42-23(41)22(20)50-26-18(39)12(33)7(30)3-44-26/h6-41H,1-5H2/t6-,7-,8+,9-,10-,11+,12+,13-,14-,15+,16+,17-,18-,19-,20+,21-,22-,23-,24-,25+,26+,27+/m1/s1. The molecule has 0 bridgehead atoms. The van der Waals surface area contributed by atoms with Crippen LogP contribution in [0.5, 0.6) is 0 Å². The number of ether oxygens (including phenoxy) is 9. The van der Waals surface area contributed by atoms with Gasteiger partial charge in [0.1, 0.15) is 104 Å². The van der Waals surface area contributed by atoms with Crippen LogP contribution in [0.2, 0.25) is 0 Å². The van der Waals surface area contributed by atoms with E-state index in [1.54, 1.807) is 0 Å². The molecule has 5 aliphatic rings. The van der Waals surface area contributed by atoms with Crippen LogP contribution >= 0.6 is 0 Å². The van der Waals surface area contributed by atoms with Gasteiger partial charge in [-0.1, -0.05) is 0 Å². The minimum atomic E-state index is -2.02. The molecular formula is C27H46O23. The molecule has 5 saturated heterocycles. The second kappa shape index (κ2) is 17.0. The number of rotatable bonds is 10. The molecule has 0 spiro atoms. The topological polar surface area (TPSA) is 366 Å². The molecule has 0 aromatic rings. The zero-order chi connectivity index (χ0) is 36.6. The monoisotopic (exact) mass is 738 g/mol. The first-order valence-electron chi connectivity index (χ1n) is 15.8. The lowest BCUT2D eigenvalue weighted by molar-refractivity contribution is -0.392. The van der Waals surface area contributed by atoms with Crippen molar-refractivity contribution in [2.24, 2.45) is 0 Å². The van der Waals surface area contributed by atoms with Crippen molar-refractivity contribution in [3.63, 3.8) is 0 Å². The second-order valence-electron chi connectivity index (χ2n) is 12.6. The summed E-state index contributed by atoms with van der Waals surface area (Å²) >= 11 is 0. The molecular weight excluding hydrogens is 692 g/mol. The fourth-order valence-corrected chi connectivity index (χ4v) is 6.04. The Morgan fingerprint density at radius 2 is 0.900 bits per heavy atom. The van der Waals surface area contributed by atoms with Crippen LogP contribution in [0.4, 0.5) is 0 Å². The molecule has 50 heavy (non-hydrogen) atoms. The van der Waals surface area contributed by atoms with Crippen LogP contribution in [0.3, 0.4) is 0 Å². The van der Waals surface area contributed by atoms with Crippen molar-refractivity contribution in [3.8, 4) is 0 Å². The molecule has 5 fully saturated rings. The van der Waals surface area contributed by atoms with Gasteiger partial charge in [-0.15, -0.1) is 0 Å². The average molecular weight is 739 g/mol. The third-order valence-electron chi connectivity index (χ3n) is 9.12. The lowest BCUT2D eigenvalue weighted by atomic mass is 9.97. The van der Waals surface area contributed by atoms with Crippen molar-refractivity contribution in [3.05, 3.63) is 0 Å². The molecule has 292 valence electrons. The summed E-state index contributed by atoms with van der Waals surface area (Å²) in [5.41, 5.74) is 0. The van der Waals surface area contributed by atoms with E-state index in [-0.39, 0.29) is 0 Å². The zero-order valence-electron chi connectivity index (χ0n) is 26.2. The van der Waals surface area contributed by atoms with E-state index < -0.39 is 168 Å². The first-order valence-corrected chi connectivity index (χ1v) is 15.8. The van der Waals surface area contributed by atoms with E-state index in [1.807, 2.05) is 0 Å². The van der Waals surface area contributed by atoms with Crippen LogP contribution < -0.4 is 0 Å². The summed E-state index contributed by atoms with van der Waals surface area (Å²) in [6, 6.07) is 0. The van der Waals surface area contributed by atoms with Crippen LogP contribution in [-0.4, -0.2) is 240 Å². The third kappa shape index (κ3) is 8.40. The van der Waals surface area contributed by atoms with E-state index in [1.165, 1.54) is 0 Å². The Bertz CT molecular complexity index is 1060. The van der Waals surface area contributed by atoms with Gasteiger partial charge >= 0.3 is 0 Å². The molecule has 23 nitrogen and oxygen atoms in total. The molecule has 0 aromatic heterocycles. The van der Waals surface area contributed by atoms with Crippen molar-refractivity contribution in [1.29, 1.82) is 0 Å². The van der Waals surface area contributed by atoms with Gasteiger partial charge in [0.2, 0.25) is 0 Å².